The van der Waals surface area contributed by atoms with Gasteiger partial charge in [0.1, 0.15) is 0 Å². The summed E-state index contributed by atoms with van der Waals surface area (Å²) < 4.78 is 11.1. The highest BCUT2D eigenvalue weighted by atomic mass is 16.5. The van der Waals surface area contributed by atoms with Crippen molar-refractivity contribution < 1.29 is 9.47 Å². The number of ether oxygens (including phenoxy) is 2. The van der Waals surface area contributed by atoms with Crippen LogP contribution in [0.1, 0.15) is 53.4 Å². The topological polar surface area (TPSA) is 18.5 Å². The van der Waals surface area contributed by atoms with Crippen LogP contribution in [0, 0.1) is 5.92 Å². The fourth-order valence-corrected chi connectivity index (χ4v) is 1.38. The van der Waals surface area contributed by atoms with Crippen LogP contribution < -0.4 is 0 Å². The van der Waals surface area contributed by atoms with E-state index in [-0.39, 0.29) is 5.60 Å². The third-order valence-electron chi connectivity index (χ3n) is 3.34. The first-order valence-corrected chi connectivity index (χ1v) is 6.20. The molecule has 0 bridgehead atoms. The summed E-state index contributed by atoms with van der Waals surface area (Å²) in [6.45, 7) is 10.5. The van der Waals surface area contributed by atoms with Gasteiger partial charge in [0.05, 0.1) is 5.60 Å². The van der Waals surface area contributed by atoms with Crippen molar-refractivity contribution in [3.63, 3.8) is 0 Å². The largest absolute Gasteiger partial charge is 0.385 e. The molecule has 92 valence electrons. The van der Waals surface area contributed by atoms with E-state index in [9.17, 15) is 0 Å². The maximum atomic E-state index is 5.97. The molecule has 0 heterocycles. The Morgan fingerprint density at radius 1 is 1.20 bits per heavy atom. The minimum atomic E-state index is 0.00344. The Balaban J connectivity index is 3.76. The van der Waals surface area contributed by atoms with Gasteiger partial charge in [0.25, 0.3) is 0 Å². The first-order chi connectivity index (χ1) is 7.08. The molecule has 0 aliphatic rings. The molecule has 0 radical (unpaired) electrons. The highest BCUT2D eigenvalue weighted by Gasteiger charge is 2.22. The zero-order valence-corrected chi connectivity index (χ0v) is 11.1. The summed E-state index contributed by atoms with van der Waals surface area (Å²) in [4.78, 5) is 0. The lowest BCUT2D eigenvalue weighted by molar-refractivity contribution is -0.0562. The molecular formula is C13H28O2. The first-order valence-electron chi connectivity index (χ1n) is 6.20. The monoisotopic (exact) mass is 216 g/mol. The van der Waals surface area contributed by atoms with Crippen molar-refractivity contribution >= 4 is 0 Å². The van der Waals surface area contributed by atoms with Crippen LogP contribution in [0.4, 0.5) is 0 Å². The van der Waals surface area contributed by atoms with Crippen LogP contribution in [0.3, 0.4) is 0 Å². The molecule has 0 aromatic rings. The SMILES string of the molecule is CCC(C)CCOC(C)(CC)CCOC. The van der Waals surface area contributed by atoms with E-state index in [1.165, 1.54) is 12.8 Å². The predicted octanol–water partition coefficient (Wildman–Crippen LogP) is 3.64. The van der Waals surface area contributed by atoms with Crippen LogP contribution >= 0.6 is 0 Å². The van der Waals surface area contributed by atoms with Crippen molar-refractivity contribution in [1.29, 1.82) is 0 Å². The summed E-state index contributed by atoms with van der Waals surface area (Å²) in [6.07, 6.45) is 4.45. The van der Waals surface area contributed by atoms with Gasteiger partial charge in [-0.05, 0) is 32.1 Å². The van der Waals surface area contributed by atoms with Crippen LogP contribution in [0.5, 0.6) is 0 Å². The highest BCUT2D eigenvalue weighted by Crippen LogP contribution is 2.21. The average molecular weight is 216 g/mol. The molecule has 0 aromatic heterocycles. The third kappa shape index (κ3) is 6.91. The Morgan fingerprint density at radius 2 is 1.87 bits per heavy atom. The number of hydrogen-bond acceptors (Lipinski definition) is 2. The molecule has 0 fully saturated rings. The van der Waals surface area contributed by atoms with Gasteiger partial charge >= 0.3 is 0 Å². The molecule has 2 unspecified atom stereocenters. The Morgan fingerprint density at radius 3 is 2.33 bits per heavy atom. The second-order valence-electron chi connectivity index (χ2n) is 4.70. The molecule has 2 atom stereocenters. The first kappa shape index (κ1) is 14.9. The van der Waals surface area contributed by atoms with Crippen LogP contribution in [-0.4, -0.2) is 25.9 Å². The second kappa shape index (κ2) is 8.12. The number of methoxy groups -OCH3 is 1. The van der Waals surface area contributed by atoms with Gasteiger partial charge in [-0.15, -0.1) is 0 Å². The van der Waals surface area contributed by atoms with Crippen LogP contribution in [-0.2, 0) is 9.47 Å². The Kier molecular flexibility index (Phi) is 8.07. The smallest absolute Gasteiger partial charge is 0.0673 e. The summed E-state index contributed by atoms with van der Waals surface area (Å²) in [5, 5.41) is 0. The number of hydrogen-bond donors (Lipinski definition) is 0. The molecule has 0 rings (SSSR count). The van der Waals surface area contributed by atoms with Crippen molar-refractivity contribution in [1.82, 2.24) is 0 Å². The van der Waals surface area contributed by atoms with Crippen molar-refractivity contribution in [2.45, 2.75) is 59.0 Å². The maximum absolute atomic E-state index is 5.97. The van der Waals surface area contributed by atoms with Gasteiger partial charge in [0, 0.05) is 20.3 Å². The van der Waals surface area contributed by atoms with E-state index in [1.807, 2.05) is 0 Å². The zero-order valence-electron chi connectivity index (χ0n) is 11.1. The Bertz CT molecular complexity index is 147. The third-order valence-corrected chi connectivity index (χ3v) is 3.34. The summed E-state index contributed by atoms with van der Waals surface area (Å²) in [5.41, 5.74) is 0.00344. The summed E-state index contributed by atoms with van der Waals surface area (Å²) in [5.74, 6) is 0.772. The molecular weight excluding hydrogens is 188 g/mol. The number of rotatable bonds is 9. The van der Waals surface area contributed by atoms with E-state index in [0.29, 0.717) is 0 Å². The predicted molar refractivity (Wildman–Crippen MR) is 65.2 cm³/mol. The van der Waals surface area contributed by atoms with Gasteiger partial charge in [-0.1, -0.05) is 27.2 Å². The van der Waals surface area contributed by atoms with Crippen LogP contribution in [0.15, 0.2) is 0 Å². The van der Waals surface area contributed by atoms with Crippen molar-refractivity contribution in [2.75, 3.05) is 20.3 Å². The van der Waals surface area contributed by atoms with Gasteiger partial charge in [0.15, 0.2) is 0 Å². The lowest BCUT2D eigenvalue weighted by Gasteiger charge is -2.29. The van der Waals surface area contributed by atoms with Gasteiger partial charge in [-0.25, -0.2) is 0 Å². The normalized spacial score (nSPS) is 17.4. The second-order valence-corrected chi connectivity index (χ2v) is 4.70. The van der Waals surface area contributed by atoms with Gasteiger partial charge in [0.2, 0.25) is 0 Å². The molecule has 15 heavy (non-hydrogen) atoms. The molecule has 0 spiro atoms. The molecule has 2 heteroatoms. The minimum absolute atomic E-state index is 0.00344. The van der Waals surface area contributed by atoms with E-state index in [0.717, 1.165) is 32.0 Å². The molecule has 0 amide bonds. The van der Waals surface area contributed by atoms with Gasteiger partial charge < -0.3 is 9.47 Å². The van der Waals surface area contributed by atoms with Gasteiger partial charge in [-0.2, -0.15) is 0 Å². The summed E-state index contributed by atoms with van der Waals surface area (Å²) >= 11 is 0. The van der Waals surface area contributed by atoms with Crippen LogP contribution in [0.2, 0.25) is 0 Å². The van der Waals surface area contributed by atoms with E-state index >= 15 is 0 Å². The van der Waals surface area contributed by atoms with E-state index < -0.39 is 0 Å². The minimum Gasteiger partial charge on any atom is -0.385 e. The van der Waals surface area contributed by atoms with E-state index in [2.05, 4.69) is 27.7 Å². The maximum Gasteiger partial charge on any atom is 0.0673 e. The Labute approximate surface area is 95.3 Å². The highest BCUT2D eigenvalue weighted by molar-refractivity contribution is 4.73. The van der Waals surface area contributed by atoms with Crippen molar-refractivity contribution in [3.8, 4) is 0 Å². The standard InChI is InChI=1S/C13H28O2/c1-6-12(3)8-10-15-13(4,7-2)9-11-14-5/h12H,6-11H2,1-5H3. The molecule has 0 aliphatic heterocycles. The summed E-state index contributed by atoms with van der Waals surface area (Å²) in [7, 11) is 1.75. The van der Waals surface area contributed by atoms with E-state index in [4.69, 9.17) is 9.47 Å². The summed E-state index contributed by atoms with van der Waals surface area (Å²) in [6, 6.07) is 0. The molecule has 0 saturated carbocycles. The van der Waals surface area contributed by atoms with Gasteiger partial charge in [-0.3, -0.25) is 0 Å². The molecule has 0 saturated heterocycles. The van der Waals surface area contributed by atoms with E-state index in [1.54, 1.807) is 7.11 Å². The lowest BCUT2D eigenvalue weighted by atomic mass is 9.99. The molecule has 0 aromatic carbocycles. The zero-order chi connectivity index (χ0) is 11.7. The molecule has 0 N–H and O–H groups in total. The van der Waals surface area contributed by atoms with Crippen molar-refractivity contribution in [2.24, 2.45) is 5.92 Å². The average Bonchev–Trinajstić information content (AvgIpc) is 2.26. The quantitative estimate of drug-likeness (QED) is 0.586. The molecule has 0 aliphatic carbocycles. The Hall–Kier alpha value is -0.0800. The van der Waals surface area contributed by atoms with Crippen molar-refractivity contribution in [3.05, 3.63) is 0 Å². The lowest BCUT2D eigenvalue weighted by Crippen LogP contribution is -2.30. The fourth-order valence-electron chi connectivity index (χ4n) is 1.38. The fraction of sp³-hybridized carbons (Fsp3) is 1.00. The molecule has 2 nitrogen and oxygen atoms in total. The van der Waals surface area contributed by atoms with Crippen LogP contribution in [0.25, 0.3) is 0 Å².